The quantitative estimate of drug-likeness (QED) is 0.705. The van der Waals surface area contributed by atoms with E-state index in [1.54, 1.807) is 36.5 Å². The van der Waals surface area contributed by atoms with Gasteiger partial charge in [0.15, 0.2) is 18.2 Å². The first-order valence-corrected chi connectivity index (χ1v) is 8.37. The molecule has 0 aromatic heterocycles. The van der Waals surface area contributed by atoms with Crippen molar-refractivity contribution in [1.29, 1.82) is 0 Å². The Hall–Kier alpha value is -2.80. The first kappa shape index (κ1) is 19.5. The predicted molar refractivity (Wildman–Crippen MR) is 94.6 cm³/mol. The van der Waals surface area contributed by atoms with Gasteiger partial charge in [0, 0.05) is 23.4 Å². The molecule has 0 unspecified atom stereocenters. The van der Waals surface area contributed by atoms with Gasteiger partial charge in [-0.1, -0.05) is 6.07 Å². The molecule has 0 spiro atoms. The van der Waals surface area contributed by atoms with Crippen molar-refractivity contribution >= 4 is 17.5 Å². The molecule has 1 atom stereocenters. The monoisotopic (exact) mass is 362 g/mol. The number of benzene rings is 2. The average molecular weight is 362 g/mol. The van der Waals surface area contributed by atoms with E-state index < -0.39 is 11.6 Å². The fraction of sp³-hybridized carbons (Fsp3) is 0.263. The summed E-state index contributed by atoms with van der Waals surface area (Å²) in [6.07, 6.45) is 0. The summed E-state index contributed by atoms with van der Waals surface area (Å²) < 4.78 is 26.3. The zero-order valence-electron chi connectivity index (χ0n) is 14.7. The second-order valence-electron chi connectivity index (χ2n) is 5.89. The number of quaternary nitrogens is 1. The lowest BCUT2D eigenvalue weighted by atomic mass is 10.1. The number of carbonyl (C=O) groups excluding carboxylic acids is 2. The highest BCUT2D eigenvalue weighted by Gasteiger charge is 2.14. The minimum absolute atomic E-state index is 0.103. The molecule has 2 rings (SSSR count). The maximum absolute atomic E-state index is 13.3. The number of carbonyl (C=O) groups is 2. The minimum atomic E-state index is -0.908. The molecule has 138 valence electrons. The Morgan fingerprint density at radius 2 is 1.88 bits per heavy atom. The molecular weight excluding hydrogens is 340 g/mol. The Kier molecular flexibility index (Phi) is 6.80. The summed E-state index contributed by atoms with van der Waals surface area (Å²) in [7, 11) is 0. The van der Waals surface area contributed by atoms with E-state index in [4.69, 9.17) is 0 Å². The summed E-state index contributed by atoms with van der Waals surface area (Å²) in [4.78, 5) is 23.9. The predicted octanol–water partition coefficient (Wildman–Crippen LogP) is 1.98. The van der Waals surface area contributed by atoms with Crippen LogP contribution in [0, 0.1) is 11.6 Å². The smallest absolute Gasteiger partial charge is 0.279 e. The number of nitrogens with one attached hydrogen (secondary N) is 2. The maximum Gasteiger partial charge on any atom is 0.279 e. The van der Waals surface area contributed by atoms with Gasteiger partial charge in [-0.15, -0.1) is 0 Å². The number of amides is 2. The molecule has 2 aromatic carbocycles. The molecule has 2 amide bonds. The average Bonchev–Trinajstić information content (AvgIpc) is 2.62. The van der Waals surface area contributed by atoms with Gasteiger partial charge in [0.25, 0.3) is 11.8 Å². The Labute approximate surface area is 150 Å². The standard InChI is InChI=1S/C19H21F2N3O2/c1-3-22-19(26)14-5-4-6-15(9-14)24-18(25)11-23-12(2)13-7-8-16(20)17(21)10-13/h4-10,12,23H,3,11H2,1-2H3,(H,22,26)(H,24,25)/p+1/t12-/m1/s1. The van der Waals surface area contributed by atoms with Crippen LogP contribution in [0.1, 0.15) is 35.8 Å². The molecule has 0 aliphatic heterocycles. The molecule has 5 nitrogen and oxygen atoms in total. The second kappa shape index (κ2) is 9.05. The van der Waals surface area contributed by atoms with Crippen LogP contribution in [-0.4, -0.2) is 24.9 Å². The number of nitrogens with two attached hydrogens (primary N) is 1. The summed E-state index contributed by atoms with van der Waals surface area (Å²) in [6, 6.07) is 10.1. The van der Waals surface area contributed by atoms with Gasteiger partial charge in [0.1, 0.15) is 6.04 Å². The number of hydrogen-bond donors (Lipinski definition) is 3. The Balaban J connectivity index is 1.91. The molecule has 26 heavy (non-hydrogen) atoms. The SMILES string of the molecule is CCNC(=O)c1cccc(NC(=O)C[NH2+][C@H](C)c2ccc(F)c(F)c2)c1. The number of halogens is 2. The van der Waals surface area contributed by atoms with Crippen LogP contribution in [0.4, 0.5) is 14.5 Å². The van der Waals surface area contributed by atoms with Crippen LogP contribution < -0.4 is 16.0 Å². The van der Waals surface area contributed by atoms with Crippen molar-refractivity contribution in [3.05, 3.63) is 65.2 Å². The molecule has 0 fully saturated rings. The third-order valence-electron chi connectivity index (χ3n) is 3.87. The molecule has 0 aliphatic carbocycles. The Bertz CT molecular complexity index is 796. The first-order valence-electron chi connectivity index (χ1n) is 8.37. The molecule has 0 saturated heterocycles. The van der Waals surface area contributed by atoms with Gasteiger partial charge in [0.2, 0.25) is 0 Å². The van der Waals surface area contributed by atoms with Crippen molar-refractivity contribution in [1.82, 2.24) is 5.32 Å². The van der Waals surface area contributed by atoms with Crippen molar-refractivity contribution in [3.8, 4) is 0 Å². The Morgan fingerprint density at radius 1 is 1.12 bits per heavy atom. The van der Waals surface area contributed by atoms with Gasteiger partial charge in [-0.2, -0.15) is 0 Å². The van der Waals surface area contributed by atoms with E-state index in [2.05, 4.69) is 10.6 Å². The van der Waals surface area contributed by atoms with Crippen molar-refractivity contribution in [2.75, 3.05) is 18.4 Å². The fourth-order valence-corrected chi connectivity index (χ4v) is 2.43. The van der Waals surface area contributed by atoms with Crippen LogP contribution in [0.25, 0.3) is 0 Å². The summed E-state index contributed by atoms with van der Waals surface area (Å²) in [6.45, 7) is 4.25. The van der Waals surface area contributed by atoms with Crippen LogP contribution in [0.15, 0.2) is 42.5 Å². The van der Waals surface area contributed by atoms with Crippen LogP contribution >= 0.6 is 0 Å². The molecule has 0 bridgehead atoms. The molecule has 4 N–H and O–H groups in total. The van der Waals surface area contributed by atoms with E-state index in [0.717, 1.165) is 12.1 Å². The normalized spacial score (nSPS) is 11.7. The third-order valence-corrected chi connectivity index (χ3v) is 3.87. The van der Waals surface area contributed by atoms with Gasteiger partial charge < -0.3 is 16.0 Å². The van der Waals surface area contributed by atoms with Gasteiger partial charge in [0.05, 0.1) is 0 Å². The highest BCUT2D eigenvalue weighted by molar-refractivity contribution is 5.97. The summed E-state index contributed by atoms with van der Waals surface area (Å²) >= 11 is 0. The van der Waals surface area contributed by atoms with E-state index in [1.165, 1.54) is 6.07 Å². The lowest BCUT2D eigenvalue weighted by Gasteiger charge is -2.12. The first-order chi connectivity index (χ1) is 12.4. The Morgan fingerprint density at radius 3 is 2.58 bits per heavy atom. The molecule has 7 heteroatoms. The largest absolute Gasteiger partial charge is 0.352 e. The molecule has 0 heterocycles. The van der Waals surface area contributed by atoms with E-state index >= 15 is 0 Å². The number of hydrogen-bond acceptors (Lipinski definition) is 2. The van der Waals surface area contributed by atoms with Gasteiger partial charge in [-0.25, -0.2) is 8.78 Å². The topological polar surface area (TPSA) is 74.8 Å². The van der Waals surface area contributed by atoms with Crippen LogP contribution in [0.3, 0.4) is 0 Å². The van der Waals surface area contributed by atoms with E-state index in [-0.39, 0.29) is 24.4 Å². The third kappa shape index (κ3) is 5.35. The summed E-state index contributed by atoms with van der Waals surface area (Å²) in [5, 5.41) is 7.13. The van der Waals surface area contributed by atoms with Gasteiger partial charge in [-0.05, 0) is 50.2 Å². The van der Waals surface area contributed by atoms with E-state index in [9.17, 15) is 18.4 Å². The summed E-state index contributed by atoms with van der Waals surface area (Å²) in [5.74, 6) is -2.27. The van der Waals surface area contributed by atoms with Crippen molar-refractivity contribution in [2.24, 2.45) is 0 Å². The van der Waals surface area contributed by atoms with E-state index in [1.807, 2.05) is 6.92 Å². The molecule has 2 aromatic rings. The molecular formula is C19H22F2N3O2+. The van der Waals surface area contributed by atoms with Crippen LogP contribution in [0.5, 0.6) is 0 Å². The van der Waals surface area contributed by atoms with Crippen molar-refractivity contribution in [2.45, 2.75) is 19.9 Å². The van der Waals surface area contributed by atoms with Crippen molar-refractivity contribution < 1.29 is 23.7 Å². The zero-order valence-corrected chi connectivity index (χ0v) is 14.7. The molecule has 0 aliphatic rings. The van der Waals surface area contributed by atoms with Gasteiger partial charge in [-0.3, -0.25) is 9.59 Å². The van der Waals surface area contributed by atoms with E-state index in [0.29, 0.717) is 23.4 Å². The molecule has 0 radical (unpaired) electrons. The van der Waals surface area contributed by atoms with Gasteiger partial charge >= 0.3 is 0 Å². The second-order valence-corrected chi connectivity index (χ2v) is 5.89. The van der Waals surface area contributed by atoms with Crippen LogP contribution in [0.2, 0.25) is 0 Å². The lowest BCUT2D eigenvalue weighted by molar-refractivity contribution is -0.682. The maximum atomic E-state index is 13.3. The molecule has 0 saturated carbocycles. The lowest BCUT2D eigenvalue weighted by Crippen LogP contribution is -2.86. The summed E-state index contributed by atoms with van der Waals surface area (Å²) in [5.41, 5.74) is 1.58. The highest BCUT2D eigenvalue weighted by atomic mass is 19.2. The fourth-order valence-electron chi connectivity index (χ4n) is 2.43. The zero-order chi connectivity index (χ0) is 19.1. The minimum Gasteiger partial charge on any atom is -0.352 e. The number of rotatable bonds is 7. The highest BCUT2D eigenvalue weighted by Crippen LogP contribution is 2.13. The number of anilines is 1. The van der Waals surface area contributed by atoms with Crippen molar-refractivity contribution in [3.63, 3.8) is 0 Å². The van der Waals surface area contributed by atoms with Crippen LogP contribution in [-0.2, 0) is 4.79 Å².